The van der Waals surface area contributed by atoms with Gasteiger partial charge in [-0.3, -0.25) is 4.68 Å². The van der Waals surface area contributed by atoms with Crippen molar-refractivity contribution in [1.29, 1.82) is 0 Å². The summed E-state index contributed by atoms with van der Waals surface area (Å²) < 4.78 is 1.88. The Kier molecular flexibility index (Phi) is 2.84. The van der Waals surface area contributed by atoms with Crippen LogP contribution in [-0.4, -0.2) is 26.6 Å². The van der Waals surface area contributed by atoms with Gasteiger partial charge in [-0.15, -0.1) is 0 Å². The van der Waals surface area contributed by atoms with E-state index in [0.717, 1.165) is 12.5 Å². The summed E-state index contributed by atoms with van der Waals surface area (Å²) in [5.41, 5.74) is 0.666. The van der Waals surface area contributed by atoms with Gasteiger partial charge in [0.15, 0.2) is 0 Å². The summed E-state index contributed by atoms with van der Waals surface area (Å²) in [5, 5.41) is 22.5. The molecule has 1 aromatic heterocycles. The molecule has 1 saturated carbocycles. The van der Waals surface area contributed by atoms with Gasteiger partial charge < -0.3 is 10.2 Å². The molecule has 0 saturated heterocycles. The lowest BCUT2D eigenvalue weighted by atomic mass is 10.2. The molecule has 2 rings (SSSR count). The summed E-state index contributed by atoms with van der Waals surface area (Å²) in [4.78, 5) is 0. The van der Waals surface area contributed by atoms with Gasteiger partial charge in [0.25, 0.3) is 0 Å². The first-order valence-electron chi connectivity index (χ1n) is 5.12. The molecule has 4 nitrogen and oxygen atoms in total. The molecular formula is C10H16N2O2. The van der Waals surface area contributed by atoms with Gasteiger partial charge in [0.1, 0.15) is 0 Å². The van der Waals surface area contributed by atoms with Gasteiger partial charge in [-0.25, -0.2) is 0 Å². The maximum atomic E-state index is 9.55. The van der Waals surface area contributed by atoms with E-state index in [1.165, 1.54) is 12.8 Å². The number of aliphatic hydroxyl groups is 2. The van der Waals surface area contributed by atoms with Crippen LogP contribution in [0.1, 0.15) is 31.1 Å². The van der Waals surface area contributed by atoms with E-state index in [-0.39, 0.29) is 6.61 Å². The zero-order chi connectivity index (χ0) is 9.97. The SMILES string of the molecule is OCC[C@@H](O)c1ccn(CC2CC2)n1. The highest BCUT2D eigenvalue weighted by atomic mass is 16.3. The highest BCUT2D eigenvalue weighted by Gasteiger charge is 2.22. The predicted octanol–water partition coefficient (Wildman–Crippen LogP) is 0.709. The lowest BCUT2D eigenvalue weighted by Gasteiger charge is -2.04. The van der Waals surface area contributed by atoms with Crippen LogP contribution in [0.4, 0.5) is 0 Å². The zero-order valence-electron chi connectivity index (χ0n) is 8.13. The van der Waals surface area contributed by atoms with Crippen LogP contribution in [-0.2, 0) is 6.54 Å². The molecule has 0 radical (unpaired) electrons. The Morgan fingerprint density at radius 2 is 2.36 bits per heavy atom. The summed E-state index contributed by atoms with van der Waals surface area (Å²) in [6, 6.07) is 1.82. The molecular weight excluding hydrogens is 180 g/mol. The summed E-state index contributed by atoms with van der Waals surface area (Å²) in [6.07, 6.45) is 4.23. The monoisotopic (exact) mass is 196 g/mol. The lowest BCUT2D eigenvalue weighted by molar-refractivity contribution is 0.130. The minimum atomic E-state index is -0.625. The minimum absolute atomic E-state index is 0.00332. The van der Waals surface area contributed by atoms with Crippen LogP contribution in [0.5, 0.6) is 0 Å². The molecule has 0 spiro atoms. The normalized spacial score (nSPS) is 18.4. The van der Waals surface area contributed by atoms with Gasteiger partial charge in [-0.05, 0) is 24.8 Å². The molecule has 0 aliphatic heterocycles. The van der Waals surface area contributed by atoms with Gasteiger partial charge in [0.05, 0.1) is 11.8 Å². The molecule has 0 aromatic carbocycles. The first-order chi connectivity index (χ1) is 6.79. The molecule has 1 fully saturated rings. The van der Waals surface area contributed by atoms with Crippen molar-refractivity contribution in [3.8, 4) is 0 Å². The molecule has 2 N–H and O–H groups in total. The topological polar surface area (TPSA) is 58.3 Å². The van der Waals surface area contributed by atoms with Gasteiger partial charge in [0.2, 0.25) is 0 Å². The third-order valence-corrected chi connectivity index (χ3v) is 2.55. The number of nitrogens with zero attached hydrogens (tertiary/aromatic N) is 2. The van der Waals surface area contributed by atoms with Crippen molar-refractivity contribution in [2.45, 2.75) is 31.9 Å². The molecule has 1 atom stereocenters. The number of rotatable bonds is 5. The molecule has 0 amide bonds. The first-order valence-corrected chi connectivity index (χ1v) is 5.12. The molecule has 1 aromatic rings. The van der Waals surface area contributed by atoms with Gasteiger partial charge in [-0.2, -0.15) is 5.10 Å². The average Bonchev–Trinajstić information content (AvgIpc) is 2.82. The predicted molar refractivity (Wildman–Crippen MR) is 51.6 cm³/mol. The second kappa shape index (κ2) is 4.11. The van der Waals surface area contributed by atoms with E-state index in [0.29, 0.717) is 12.1 Å². The summed E-state index contributed by atoms with van der Waals surface area (Å²) >= 11 is 0. The molecule has 14 heavy (non-hydrogen) atoms. The largest absolute Gasteiger partial charge is 0.396 e. The van der Waals surface area contributed by atoms with E-state index >= 15 is 0 Å². The molecule has 4 heteroatoms. The zero-order valence-corrected chi connectivity index (χ0v) is 8.13. The van der Waals surface area contributed by atoms with Crippen molar-refractivity contribution < 1.29 is 10.2 Å². The van der Waals surface area contributed by atoms with Crippen LogP contribution in [0.25, 0.3) is 0 Å². The van der Waals surface area contributed by atoms with Crippen molar-refractivity contribution in [2.24, 2.45) is 5.92 Å². The Labute approximate surface area is 83.2 Å². The summed E-state index contributed by atoms with van der Waals surface area (Å²) in [5.74, 6) is 0.790. The fourth-order valence-electron chi connectivity index (χ4n) is 1.49. The average molecular weight is 196 g/mol. The van der Waals surface area contributed by atoms with Crippen molar-refractivity contribution >= 4 is 0 Å². The smallest absolute Gasteiger partial charge is 0.1000 e. The third kappa shape index (κ3) is 2.33. The summed E-state index contributed by atoms with van der Waals surface area (Å²) in [6.45, 7) is 0.961. The molecule has 0 unspecified atom stereocenters. The Balaban J connectivity index is 1.93. The fourth-order valence-corrected chi connectivity index (χ4v) is 1.49. The van der Waals surface area contributed by atoms with E-state index in [9.17, 15) is 5.11 Å². The number of hydrogen-bond acceptors (Lipinski definition) is 3. The molecule has 1 heterocycles. The minimum Gasteiger partial charge on any atom is -0.396 e. The molecule has 1 aliphatic rings. The first kappa shape index (κ1) is 9.68. The van der Waals surface area contributed by atoms with Crippen molar-refractivity contribution in [3.05, 3.63) is 18.0 Å². The van der Waals surface area contributed by atoms with Crippen LogP contribution in [0.15, 0.2) is 12.3 Å². The highest BCUT2D eigenvalue weighted by molar-refractivity contribution is 5.03. The number of aromatic nitrogens is 2. The van der Waals surface area contributed by atoms with Crippen LogP contribution in [0, 0.1) is 5.92 Å². The Hall–Kier alpha value is -0.870. The number of hydrogen-bond donors (Lipinski definition) is 2. The maximum absolute atomic E-state index is 9.55. The van der Waals surface area contributed by atoms with Gasteiger partial charge in [0, 0.05) is 25.8 Å². The Morgan fingerprint density at radius 1 is 1.57 bits per heavy atom. The maximum Gasteiger partial charge on any atom is 0.1000 e. The molecule has 0 bridgehead atoms. The third-order valence-electron chi connectivity index (χ3n) is 2.55. The summed E-state index contributed by atoms with van der Waals surface area (Å²) in [7, 11) is 0. The van der Waals surface area contributed by atoms with Crippen molar-refractivity contribution in [1.82, 2.24) is 9.78 Å². The van der Waals surface area contributed by atoms with Crippen LogP contribution in [0.3, 0.4) is 0 Å². The van der Waals surface area contributed by atoms with Crippen LogP contribution < -0.4 is 0 Å². The van der Waals surface area contributed by atoms with E-state index in [1.54, 1.807) is 0 Å². The van der Waals surface area contributed by atoms with Crippen molar-refractivity contribution in [3.63, 3.8) is 0 Å². The van der Waals surface area contributed by atoms with Gasteiger partial charge in [-0.1, -0.05) is 0 Å². The van der Waals surface area contributed by atoms with Gasteiger partial charge >= 0.3 is 0 Å². The van der Waals surface area contributed by atoms with Crippen LogP contribution >= 0.6 is 0 Å². The lowest BCUT2D eigenvalue weighted by Crippen LogP contribution is -2.05. The quantitative estimate of drug-likeness (QED) is 0.729. The number of aliphatic hydroxyl groups excluding tert-OH is 2. The Morgan fingerprint density at radius 3 is 3.00 bits per heavy atom. The van der Waals surface area contributed by atoms with E-state index in [4.69, 9.17) is 5.11 Å². The van der Waals surface area contributed by atoms with E-state index in [2.05, 4.69) is 5.10 Å². The van der Waals surface area contributed by atoms with Crippen molar-refractivity contribution in [2.75, 3.05) is 6.61 Å². The second-order valence-corrected chi connectivity index (χ2v) is 3.93. The second-order valence-electron chi connectivity index (χ2n) is 3.93. The molecule has 1 aliphatic carbocycles. The fraction of sp³-hybridized carbons (Fsp3) is 0.700. The standard InChI is InChI=1S/C10H16N2O2/c13-6-4-10(14)9-3-5-12(11-9)7-8-1-2-8/h3,5,8,10,13-14H,1-2,4,6-7H2/t10-/m1/s1. The van der Waals surface area contributed by atoms with Crippen LogP contribution in [0.2, 0.25) is 0 Å². The highest BCUT2D eigenvalue weighted by Crippen LogP contribution is 2.30. The molecule has 78 valence electrons. The van der Waals surface area contributed by atoms with E-state index in [1.807, 2.05) is 16.9 Å². The Bertz CT molecular complexity index is 294. The van der Waals surface area contributed by atoms with E-state index < -0.39 is 6.10 Å².